The molecule has 2 aliphatic heterocycles. The zero-order valence-corrected chi connectivity index (χ0v) is 15.3. The second kappa shape index (κ2) is 6.59. The van der Waals surface area contributed by atoms with Crippen molar-refractivity contribution in [1.82, 2.24) is 19.4 Å². The van der Waals surface area contributed by atoms with Gasteiger partial charge < -0.3 is 14.4 Å². The topological polar surface area (TPSA) is 58.4 Å². The Bertz CT molecular complexity index is 830. The molecule has 1 saturated heterocycles. The van der Waals surface area contributed by atoms with Crippen LogP contribution < -0.4 is 0 Å². The summed E-state index contributed by atoms with van der Waals surface area (Å²) >= 11 is 0. The van der Waals surface area contributed by atoms with E-state index in [1.54, 1.807) is 6.33 Å². The molecular weight excluding hydrogens is 328 g/mol. The summed E-state index contributed by atoms with van der Waals surface area (Å²) in [6.45, 7) is 3.80. The van der Waals surface area contributed by atoms with Crippen molar-refractivity contribution in [3.05, 3.63) is 53.6 Å². The minimum absolute atomic E-state index is 0.00784. The first-order valence-electron chi connectivity index (χ1n) is 9.17. The standard InChI is InChI=1S/C20H24N4O2/c1-14(15-6-4-3-5-7-15)24-11-16(10-19(24)25)20(26)23-9-8-17-18(12-23)22(2)13-21-17/h3-7,13-14,16H,8-12H2,1-2H3. The first-order valence-corrected chi connectivity index (χ1v) is 9.17. The molecule has 1 fully saturated rings. The molecule has 0 aliphatic carbocycles. The van der Waals surface area contributed by atoms with E-state index < -0.39 is 0 Å². The Morgan fingerprint density at radius 1 is 1.27 bits per heavy atom. The minimum Gasteiger partial charge on any atom is -0.336 e. The van der Waals surface area contributed by atoms with Crippen molar-refractivity contribution in [1.29, 1.82) is 0 Å². The number of rotatable bonds is 3. The van der Waals surface area contributed by atoms with Crippen LogP contribution in [0.15, 0.2) is 36.7 Å². The number of aromatic nitrogens is 2. The number of aryl methyl sites for hydroxylation is 1. The number of hydrogen-bond acceptors (Lipinski definition) is 3. The second-order valence-corrected chi connectivity index (χ2v) is 7.29. The molecule has 0 spiro atoms. The first-order chi connectivity index (χ1) is 12.5. The first kappa shape index (κ1) is 16.8. The molecule has 0 bridgehead atoms. The lowest BCUT2D eigenvalue weighted by Gasteiger charge is -2.30. The Balaban J connectivity index is 1.45. The SMILES string of the molecule is CC(c1ccccc1)N1CC(C(=O)N2CCc3ncn(C)c3C2)CC1=O. The zero-order chi connectivity index (χ0) is 18.3. The van der Waals surface area contributed by atoms with Gasteiger partial charge in [-0.1, -0.05) is 30.3 Å². The van der Waals surface area contributed by atoms with Crippen molar-refractivity contribution in [3.63, 3.8) is 0 Å². The van der Waals surface area contributed by atoms with Crippen LogP contribution in [0.25, 0.3) is 0 Å². The highest BCUT2D eigenvalue weighted by Crippen LogP contribution is 2.30. The van der Waals surface area contributed by atoms with Gasteiger partial charge in [0.1, 0.15) is 0 Å². The zero-order valence-electron chi connectivity index (χ0n) is 15.3. The van der Waals surface area contributed by atoms with E-state index in [1.807, 2.05) is 58.7 Å². The Kier molecular flexibility index (Phi) is 4.26. The monoisotopic (exact) mass is 352 g/mol. The number of imidazole rings is 1. The van der Waals surface area contributed by atoms with Gasteiger partial charge in [0.15, 0.2) is 0 Å². The normalized spacial score (nSPS) is 21.0. The van der Waals surface area contributed by atoms with E-state index in [0.717, 1.165) is 23.4 Å². The molecule has 2 atom stereocenters. The molecular formula is C20H24N4O2. The average molecular weight is 352 g/mol. The summed E-state index contributed by atoms with van der Waals surface area (Å²) in [5, 5.41) is 0. The number of carbonyl (C=O) groups is 2. The molecule has 0 saturated carbocycles. The van der Waals surface area contributed by atoms with Crippen molar-refractivity contribution in [3.8, 4) is 0 Å². The van der Waals surface area contributed by atoms with E-state index in [4.69, 9.17) is 0 Å². The van der Waals surface area contributed by atoms with E-state index in [0.29, 0.717) is 26.1 Å². The van der Waals surface area contributed by atoms with Crippen LogP contribution in [0.5, 0.6) is 0 Å². The van der Waals surface area contributed by atoms with Gasteiger partial charge in [-0.15, -0.1) is 0 Å². The molecule has 6 heteroatoms. The number of amides is 2. The maximum absolute atomic E-state index is 13.0. The van der Waals surface area contributed by atoms with Gasteiger partial charge >= 0.3 is 0 Å². The van der Waals surface area contributed by atoms with Gasteiger partial charge in [-0.05, 0) is 12.5 Å². The molecule has 2 aliphatic rings. The number of hydrogen-bond donors (Lipinski definition) is 0. The summed E-state index contributed by atoms with van der Waals surface area (Å²) in [6, 6.07) is 9.98. The number of fused-ring (bicyclic) bond motifs is 1. The van der Waals surface area contributed by atoms with Crippen LogP contribution in [0.4, 0.5) is 0 Å². The molecule has 1 aromatic heterocycles. The maximum Gasteiger partial charge on any atom is 0.228 e. The van der Waals surface area contributed by atoms with E-state index in [-0.39, 0.29) is 23.8 Å². The van der Waals surface area contributed by atoms with Crippen LogP contribution in [-0.2, 0) is 29.6 Å². The molecule has 6 nitrogen and oxygen atoms in total. The fourth-order valence-electron chi connectivity index (χ4n) is 4.05. The van der Waals surface area contributed by atoms with Gasteiger partial charge in [-0.3, -0.25) is 9.59 Å². The van der Waals surface area contributed by atoms with Crippen molar-refractivity contribution in [2.45, 2.75) is 32.4 Å². The lowest BCUT2D eigenvalue weighted by Crippen LogP contribution is -2.41. The number of benzene rings is 1. The fraction of sp³-hybridized carbons (Fsp3) is 0.450. The van der Waals surface area contributed by atoms with Gasteiger partial charge in [-0.25, -0.2) is 4.98 Å². The van der Waals surface area contributed by atoms with Crippen LogP contribution >= 0.6 is 0 Å². The van der Waals surface area contributed by atoms with E-state index in [1.165, 1.54) is 0 Å². The molecule has 0 radical (unpaired) electrons. The predicted molar refractivity (Wildman–Crippen MR) is 97.0 cm³/mol. The van der Waals surface area contributed by atoms with E-state index in [9.17, 15) is 9.59 Å². The number of carbonyl (C=O) groups excluding carboxylic acids is 2. The van der Waals surface area contributed by atoms with Crippen LogP contribution in [0.3, 0.4) is 0 Å². The highest BCUT2D eigenvalue weighted by molar-refractivity contribution is 5.89. The Hall–Kier alpha value is -2.63. The molecule has 0 N–H and O–H groups in total. The molecule has 2 unspecified atom stereocenters. The molecule has 3 heterocycles. The largest absolute Gasteiger partial charge is 0.336 e. The van der Waals surface area contributed by atoms with Crippen molar-refractivity contribution in [2.24, 2.45) is 13.0 Å². The summed E-state index contributed by atoms with van der Waals surface area (Å²) in [6.07, 6.45) is 2.90. The minimum atomic E-state index is -0.247. The number of nitrogens with zero attached hydrogens (tertiary/aromatic N) is 4. The fourth-order valence-corrected chi connectivity index (χ4v) is 4.05. The second-order valence-electron chi connectivity index (χ2n) is 7.29. The highest BCUT2D eigenvalue weighted by Gasteiger charge is 2.39. The van der Waals surface area contributed by atoms with E-state index >= 15 is 0 Å². The Labute approximate surface area is 153 Å². The van der Waals surface area contributed by atoms with E-state index in [2.05, 4.69) is 4.98 Å². The van der Waals surface area contributed by atoms with Gasteiger partial charge in [0, 0.05) is 33.0 Å². The molecule has 2 aromatic rings. The van der Waals surface area contributed by atoms with Crippen LogP contribution in [0.2, 0.25) is 0 Å². The van der Waals surface area contributed by atoms with Gasteiger partial charge in [0.2, 0.25) is 11.8 Å². The number of likely N-dealkylation sites (tertiary alicyclic amines) is 1. The maximum atomic E-state index is 13.0. The third-order valence-corrected chi connectivity index (χ3v) is 5.67. The van der Waals surface area contributed by atoms with Gasteiger partial charge in [-0.2, -0.15) is 0 Å². The Morgan fingerprint density at radius 3 is 2.81 bits per heavy atom. The molecule has 26 heavy (non-hydrogen) atoms. The smallest absolute Gasteiger partial charge is 0.228 e. The summed E-state index contributed by atoms with van der Waals surface area (Å²) in [5.41, 5.74) is 3.29. The third kappa shape index (κ3) is 2.89. The third-order valence-electron chi connectivity index (χ3n) is 5.67. The predicted octanol–water partition coefficient (Wildman–Crippen LogP) is 1.91. The van der Waals surface area contributed by atoms with Crippen molar-refractivity contribution < 1.29 is 9.59 Å². The lowest BCUT2D eigenvalue weighted by molar-refractivity contribution is -0.136. The Morgan fingerprint density at radius 2 is 2.04 bits per heavy atom. The summed E-state index contributed by atoms with van der Waals surface area (Å²) in [7, 11) is 1.96. The summed E-state index contributed by atoms with van der Waals surface area (Å²) in [5.74, 6) is -0.0886. The van der Waals surface area contributed by atoms with Crippen molar-refractivity contribution >= 4 is 11.8 Å². The lowest BCUT2D eigenvalue weighted by atomic mass is 10.0. The van der Waals surface area contributed by atoms with Crippen molar-refractivity contribution in [2.75, 3.05) is 13.1 Å². The molecule has 136 valence electrons. The quantitative estimate of drug-likeness (QED) is 0.848. The summed E-state index contributed by atoms with van der Waals surface area (Å²) < 4.78 is 1.98. The molecule has 1 aromatic carbocycles. The van der Waals surface area contributed by atoms with Crippen LogP contribution in [0.1, 0.15) is 36.3 Å². The molecule has 4 rings (SSSR count). The highest BCUT2D eigenvalue weighted by atomic mass is 16.2. The molecule has 2 amide bonds. The average Bonchev–Trinajstić information content (AvgIpc) is 3.24. The van der Waals surface area contributed by atoms with Crippen LogP contribution in [0, 0.1) is 5.92 Å². The summed E-state index contributed by atoms with van der Waals surface area (Å²) in [4.78, 5) is 33.7. The van der Waals surface area contributed by atoms with Gasteiger partial charge in [0.25, 0.3) is 0 Å². The van der Waals surface area contributed by atoms with Crippen LogP contribution in [-0.4, -0.2) is 44.3 Å². The van der Waals surface area contributed by atoms with Gasteiger partial charge in [0.05, 0.1) is 36.2 Å².